The molecule has 15 heavy (non-hydrogen) atoms. The average molecular weight is 208 g/mol. The van der Waals surface area contributed by atoms with Crippen LogP contribution in [-0.2, 0) is 4.79 Å². The molecule has 1 atom stereocenters. The molecule has 82 valence electrons. The van der Waals surface area contributed by atoms with Gasteiger partial charge >= 0.3 is 0 Å². The zero-order chi connectivity index (χ0) is 11.4. The third-order valence-electron chi connectivity index (χ3n) is 1.97. The van der Waals surface area contributed by atoms with E-state index in [1.807, 2.05) is 19.9 Å². The van der Waals surface area contributed by atoms with Gasteiger partial charge < -0.3 is 10.6 Å². The second-order valence-corrected chi connectivity index (χ2v) is 3.42. The topological polar surface area (TPSA) is 66.9 Å². The molecule has 1 heterocycles. The SMILES string of the molecule is CNC(=O)C(C)Nc1cc(C)nc(C)n1. The van der Waals surface area contributed by atoms with Crippen LogP contribution >= 0.6 is 0 Å². The Morgan fingerprint density at radius 1 is 1.40 bits per heavy atom. The van der Waals surface area contributed by atoms with Crippen molar-refractivity contribution >= 4 is 11.7 Å². The number of hydrogen-bond donors (Lipinski definition) is 2. The van der Waals surface area contributed by atoms with E-state index in [9.17, 15) is 4.79 Å². The smallest absolute Gasteiger partial charge is 0.241 e. The first kappa shape index (κ1) is 11.4. The molecule has 1 amide bonds. The van der Waals surface area contributed by atoms with Gasteiger partial charge in [0, 0.05) is 18.8 Å². The molecule has 2 N–H and O–H groups in total. The Morgan fingerprint density at radius 2 is 2.07 bits per heavy atom. The zero-order valence-electron chi connectivity index (χ0n) is 9.46. The van der Waals surface area contributed by atoms with Gasteiger partial charge in [-0.15, -0.1) is 0 Å². The molecule has 0 aliphatic carbocycles. The van der Waals surface area contributed by atoms with Crippen molar-refractivity contribution in [1.29, 1.82) is 0 Å². The lowest BCUT2D eigenvalue weighted by Gasteiger charge is -2.13. The number of nitrogens with one attached hydrogen (secondary N) is 2. The molecule has 0 aliphatic rings. The number of rotatable bonds is 3. The number of aromatic nitrogens is 2. The van der Waals surface area contributed by atoms with Crippen molar-refractivity contribution in [2.75, 3.05) is 12.4 Å². The van der Waals surface area contributed by atoms with Crippen molar-refractivity contribution in [2.45, 2.75) is 26.8 Å². The van der Waals surface area contributed by atoms with Crippen molar-refractivity contribution in [1.82, 2.24) is 15.3 Å². The summed E-state index contributed by atoms with van der Waals surface area (Å²) in [5.74, 6) is 1.31. The van der Waals surface area contributed by atoms with Crippen LogP contribution < -0.4 is 10.6 Å². The molecule has 0 spiro atoms. The van der Waals surface area contributed by atoms with Crippen molar-refractivity contribution in [3.63, 3.8) is 0 Å². The van der Waals surface area contributed by atoms with Gasteiger partial charge in [0.2, 0.25) is 5.91 Å². The summed E-state index contributed by atoms with van der Waals surface area (Å²) in [5.41, 5.74) is 0.883. The second-order valence-electron chi connectivity index (χ2n) is 3.42. The molecule has 0 aromatic carbocycles. The Labute approximate surface area is 89.3 Å². The Kier molecular flexibility index (Phi) is 3.60. The van der Waals surface area contributed by atoms with E-state index in [2.05, 4.69) is 20.6 Å². The molecular weight excluding hydrogens is 192 g/mol. The highest BCUT2D eigenvalue weighted by molar-refractivity contribution is 5.83. The van der Waals surface area contributed by atoms with E-state index in [1.165, 1.54) is 0 Å². The van der Waals surface area contributed by atoms with E-state index < -0.39 is 0 Å². The summed E-state index contributed by atoms with van der Waals surface area (Å²) in [4.78, 5) is 19.6. The number of hydrogen-bond acceptors (Lipinski definition) is 4. The van der Waals surface area contributed by atoms with Gasteiger partial charge in [0.15, 0.2) is 0 Å². The summed E-state index contributed by atoms with van der Waals surface area (Å²) in [5, 5.41) is 5.58. The number of carbonyl (C=O) groups excluding carboxylic acids is 1. The molecule has 1 aromatic rings. The number of aryl methyl sites for hydroxylation is 2. The number of likely N-dealkylation sites (N-methyl/N-ethyl adjacent to an activating group) is 1. The second kappa shape index (κ2) is 4.72. The number of anilines is 1. The fraction of sp³-hybridized carbons (Fsp3) is 0.500. The van der Waals surface area contributed by atoms with Gasteiger partial charge in [0.25, 0.3) is 0 Å². The van der Waals surface area contributed by atoms with Gasteiger partial charge in [-0.05, 0) is 20.8 Å². The summed E-state index contributed by atoms with van der Waals surface area (Å²) < 4.78 is 0. The minimum absolute atomic E-state index is 0.0658. The lowest BCUT2D eigenvalue weighted by Crippen LogP contribution is -2.35. The van der Waals surface area contributed by atoms with E-state index in [0.29, 0.717) is 11.6 Å². The van der Waals surface area contributed by atoms with E-state index >= 15 is 0 Å². The molecule has 0 fully saturated rings. The fourth-order valence-corrected chi connectivity index (χ4v) is 1.29. The van der Waals surface area contributed by atoms with Crippen LogP contribution in [0.25, 0.3) is 0 Å². The van der Waals surface area contributed by atoms with Gasteiger partial charge in [0.05, 0.1) is 0 Å². The summed E-state index contributed by atoms with van der Waals surface area (Å²) in [6, 6.07) is 1.51. The predicted octanol–water partition coefficient (Wildman–Crippen LogP) is 0.640. The summed E-state index contributed by atoms with van der Waals surface area (Å²) in [7, 11) is 1.61. The Bertz CT molecular complexity index is 344. The largest absolute Gasteiger partial charge is 0.359 e. The predicted molar refractivity (Wildman–Crippen MR) is 58.7 cm³/mol. The summed E-state index contributed by atoms with van der Waals surface area (Å²) in [6.07, 6.45) is 0. The maximum absolute atomic E-state index is 11.3. The lowest BCUT2D eigenvalue weighted by atomic mass is 10.3. The van der Waals surface area contributed by atoms with E-state index in [1.54, 1.807) is 14.0 Å². The Hall–Kier alpha value is -1.65. The Morgan fingerprint density at radius 3 is 2.60 bits per heavy atom. The third-order valence-corrected chi connectivity index (χ3v) is 1.97. The highest BCUT2D eigenvalue weighted by Crippen LogP contribution is 2.06. The van der Waals surface area contributed by atoms with Gasteiger partial charge in [-0.3, -0.25) is 4.79 Å². The number of amides is 1. The molecular formula is C10H16N4O. The quantitative estimate of drug-likeness (QED) is 0.765. The molecule has 0 radical (unpaired) electrons. The van der Waals surface area contributed by atoms with Crippen molar-refractivity contribution in [3.8, 4) is 0 Å². The van der Waals surface area contributed by atoms with Gasteiger partial charge in [-0.2, -0.15) is 0 Å². The van der Waals surface area contributed by atoms with Crippen molar-refractivity contribution in [3.05, 3.63) is 17.6 Å². The minimum Gasteiger partial charge on any atom is -0.359 e. The summed E-state index contributed by atoms with van der Waals surface area (Å²) >= 11 is 0. The maximum Gasteiger partial charge on any atom is 0.241 e. The molecule has 0 saturated heterocycles. The van der Waals surface area contributed by atoms with Crippen LogP contribution in [0.1, 0.15) is 18.4 Å². The molecule has 0 bridgehead atoms. The first-order valence-corrected chi connectivity index (χ1v) is 4.83. The number of carbonyl (C=O) groups is 1. The molecule has 0 aliphatic heterocycles. The standard InChI is InChI=1S/C10H16N4O/c1-6-5-9(14-8(3)12-6)13-7(2)10(15)11-4/h5,7H,1-4H3,(H,11,15)(H,12,13,14). The molecule has 1 aromatic heterocycles. The van der Waals surface area contributed by atoms with E-state index in [0.717, 1.165) is 5.69 Å². The molecule has 5 heteroatoms. The van der Waals surface area contributed by atoms with Crippen LogP contribution in [0.5, 0.6) is 0 Å². The highest BCUT2D eigenvalue weighted by Gasteiger charge is 2.11. The molecule has 1 unspecified atom stereocenters. The van der Waals surface area contributed by atoms with Crippen LogP contribution in [0, 0.1) is 13.8 Å². The van der Waals surface area contributed by atoms with E-state index in [-0.39, 0.29) is 11.9 Å². The molecule has 0 saturated carbocycles. The summed E-state index contributed by atoms with van der Waals surface area (Å²) in [6.45, 7) is 5.50. The monoisotopic (exact) mass is 208 g/mol. The average Bonchev–Trinajstić information content (AvgIpc) is 2.14. The van der Waals surface area contributed by atoms with Gasteiger partial charge in [-0.1, -0.05) is 0 Å². The van der Waals surface area contributed by atoms with Crippen molar-refractivity contribution in [2.24, 2.45) is 0 Å². The lowest BCUT2D eigenvalue weighted by molar-refractivity contribution is -0.121. The Balaban J connectivity index is 2.76. The van der Waals surface area contributed by atoms with Gasteiger partial charge in [0.1, 0.15) is 17.7 Å². The third kappa shape index (κ3) is 3.19. The highest BCUT2D eigenvalue weighted by atomic mass is 16.2. The van der Waals surface area contributed by atoms with Crippen LogP contribution in [0.3, 0.4) is 0 Å². The van der Waals surface area contributed by atoms with Crippen LogP contribution in [-0.4, -0.2) is 29.0 Å². The van der Waals surface area contributed by atoms with E-state index in [4.69, 9.17) is 0 Å². The maximum atomic E-state index is 11.3. The fourth-order valence-electron chi connectivity index (χ4n) is 1.29. The number of nitrogens with zero attached hydrogens (tertiary/aromatic N) is 2. The van der Waals surface area contributed by atoms with Crippen molar-refractivity contribution < 1.29 is 4.79 Å². The van der Waals surface area contributed by atoms with Crippen LogP contribution in [0.4, 0.5) is 5.82 Å². The minimum atomic E-state index is -0.302. The normalized spacial score (nSPS) is 12.0. The molecule has 5 nitrogen and oxygen atoms in total. The van der Waals surface area contributed by atoms with Gasteiger partial charge in [-0.25, -0.2) is 9.97 Å². The van der Waals surface area contributed by atoms with Crippen LogP contribution in [0.2, 0.25) is 0 Å². The molecule has 1 rings (SSSR count). The first-order chi connectivity index (χ1) is 7.02. The first-order valence-electron chi connectivity index (χ1n) is 4.83. The van der Waals surface area contributed by atoms with Crippen LogP contribution in [0.15, 0.2) is 6.07 Å². The zero-order valence-corrected chi connectivity index (χ0v) is 9.46.